The molecule has 0 bridgehead atoms. The van der Waals surface area contributed by atoms with Crippen molar-refractivity contribution in [2.75, 3.05) is 59.8 Å². The summed E-state index contributed by atoms with van der Waals surface area (Å²) < 4.78 is 22.3. The topological polar surface area (TPSA) is 57.2 Å². The van der Waals surface area contributed by atoms with Crippen molar-refractivity contribution in [2.24, 2.45) is 5.92 Å². The van der Waals surface area contributed by atoms with E-state index in [0.717, 1.165) is 13.0 Å². The molecule has 0 N–H and O–H groups in total. The summed E-state index contributed by atoms with van der Waals surface area (Å²) in [6.07, 6.45) is 0.786. The van der Waals surface area contributed by atoms with Gasteiger partial charge in [0.2, 0.25) is 0 Å². The highest BCUT2D eigenvalue weighted by Crippen LogP contribution is 2.44. The minimum atomic E-state index is -0.338. The lowest BCUT2D eigenvalue weighted by Crippen LogP contribution is -2.32. The zero-order valence-electron chi connectivity index (χ0n) is 20.1. The van der Waals surface area contributed by atoms with Crippen LogP contribution < -0.4 is 0 Å². The molecule has 1 aliphatic carbocycles. The molecule has 6 heteroatoms. The second kappa shape index (κ2) is 13.3. The standard InChI is InChI=1S/C27H37NO5/c1-4-21(2)19-32-18-17-31-16-15-30-14-13-28(3)27(29)33-20-26-24-11-7-5-9-22(24)23-10-6-8-12-25(23)26/h5-12,21,26H,4,13-20H2,1-3H3. The van der Waals surface area contributed by atoms with E-state index in [9.17, 15) is 4.79 Å². The third kappa shape index (κ3) is 7.29. The van der Waals surface area contributed by atoms with E-state index in [1.165, 1.54) is 22.3 Å². The van der Waals surface area contributed by atoms with E-state index < -0.39 is 0 Å². The highest BCUT2D eigenvalue weighted by Gasteiger charge is 2.29. The van der Waals surface area contributed by atoms with Gasteiger partial charge in [0.25, 0.3) is 0 Å². The van der Waals surface area contributed by atoms with Crippen LogP contribution in [0.15, 0.2) is 48.5 Å². The fraction of sp³-hybridized carbons (Fsp3) is 0.519. The fourth-order valence-corrected chi connectivity index (χ4v) is 3.84. The minimum absolute atomic E-state index is 0.0670. The van der Waals surface area contributed by atoms with E-state index in [2.05, 4.69) is 38.1 Å². The molecular formula is C27H37NO5. The molecule has 3 rings (SSSR count). The van der Waals surface area contributed by atoms with E-state index in [1.807, 2.05) is 24.3 Å². The monoisotopic (exact) mass is 455 g/mol. The number of fused-ring (bicyclic) bond motifs is 3. The normalized spacial score (nSPS) is 13.4. The maximum atomic E-state index is 12.5. The van der Waals surface area contributed by atoms with Gasteiger partial charge in [-0.1, -0.05) is 68.8 Å². The summed E-state index contributed by atoms with van der Waals surface area (Å²) >= 11 is 0. The van der Waals surface area contributed by atoms with Crippen molar-refractivity contribution >= 4 is 6.09 Å². The minimum Gasteiger partial charge on any atom is -0.448 e. The van der Waals surface area contributed by atoms with Crippen molar-refractivity contribution in [3.8, 4) is 11.1 Å². The van der Waals surface area contributed by atoms with Gasteiger partial charge >= 0.3 is 6.09 Å². The Morgan fingerprint density at radius 2 is 1.42 bits per heavy atom. The number of nitrogens with zero attached hydrogens (tertiary/aromatic N) is 1. The van der Waals surface area contributed by atoms with Crippen molar-refractivity contribution in [2.45, 2.75) is 26.2 Å². The molecule has 0 heterocycles. The van der Waals surface area contributed by atoms with E-state index >= 15 is 0 Å². The fourth-order valence-electron chi connectivity index (χ4n) is 3.84. The summed E-state index contributed by atoms with van der Waals surface area (Å²) in [5.74, 6) is 0.652. The van der Waals surface area contributed by atoms with Gasteiger partial charge < -0.3 is 23.8 Å². The summed E-state index contributed by atoms with van der Waals surface area (Å²) in [4.78, 5) is 14.0. The second-order valence-corrected chi connectivity index (χ2v) is 8.54. The smallest absolute Gasteiger partial charge is 0.409 e. The Morgan fingerprint density at radius 1 is 0.879 bits per heavy atom. The number of carbonyl (C=O) groups excluding carboxylic acids is 1. The predicted molar refractivity (Wildman–Crippen MR) is 130 cm³/mol. The third-order valence-corrected chi connectivity index (χ3v) is 6.06. The van der Waals surface area contributed by atoms with Crippen LogP contribution in [-0.2, 0) is 18.9 Å². The SMILES string of the molecule is CCC(C)COCCOCCOCCN(C)C(=O)OCC1c2ccccc2-c2ccccc21. The molecule has 2 aromatic carbocycles. The molecule has 0 saturated heterocycles. The maximum absolute atomic E-state index is 12.5. The van der Waals surface area contributed by atoms with Gasteiger partial charge in [-0.05, 0) is 28.2 Å². The highest BCUT2D eigenvalue weighted by molar-refractivity contribution is 5.79. The van der Waals surface area contributed by atoms with Crippen LogP contribution in [0.2, 0.25) is 0 Å². The Balaban J connectivity index is 1.30. The van der Waals surface area contributed by atoms with Gasteiger partial charge in [0.05, 0.1) is 33.0 Å². The van der Waals surface area contributed by atoms with Crippen molar-refractivity contribution in [3.63, 3.8) is 0 Å². The molecular weight excluding hydrogens is 418 g/mol. The lowest BCUT2D eigenvalue weighted by atomic mass is 9.98. The molecule has 1 atom stereocenters. The molecule has 2 aromatic rings. The molecule has 0 aliphatic heterocycles. The molecule has 0 spiro atoms. The van der Waals surface area contributed by atoms with Crippen LogP contribution in [0.1, 0.15) is 37.3 Å². The summed E-state index contributed by atoms with van der Waals surface area (Å²) in [7, 11) is 1.73. The number of hydrogen-bond donors (Lipinski definition) is 0. The van der Waals surface area contributed by atoms with Gasteiger partial charge in [0.15, 0.2) is 0 Å². The molecule has 0 aromatic heterocycles. The molecule has 33 heavy (non-hydrogen) atoms. The molecule has 1 aliphatic rings. The summed E-state index contributed by atoms with van der Waals surface area (Å²) in [6, 6.07) is 16.7. The molecule has 0 saturated carbocycles. The molecule has 0 radical (unpaired) electrons. The Kier molecular flexibility index (Phi) is 10.2. The maximum Gasteiger partial charge on any atom is 0.409 e. The van der Waals surface area contributed by atoms with Crippen molar-refractivity contribution < 1.29 is 23.7 Å². The van der Waals surface area contributed by atoms with Gasteiger partial charge in [-0.15, -0.1) is 0 Å². The molecule has 0 fully saturated rings. The van der Waals surface area contributed by atoms with Crippen LogP contribution in [-0.4, -0.2) is 70.8 Å². The first kappa shape index (κ1) is 25.2. The predicted octanol–water partition coefficient (Wildman–Crippen LogP) is 4.96. The quantitative estimate of drug-likeness (QED) is 0.377. The number of rotatable bonds is 14. The zero-order valence-corrected chi connectivity index (χ0v) is 20.1. The van der Waals surface area contributed by atoms with Gasteiger partial charge in [-0.3, -0.25) is 0 Å². The first-order valence-electron chi connectivity index (χ1n) is 11.9. The van der Waals surface area contributed by atoms with Crippen molar-refractivity contribution in [3.05, 3.63) is 59.7 Å². The number of ether oxygens (including phenoxy) is 4. The number of carbonyl (C=O) groups is 1. The highest BCUT2D eigenvalue weighted by atomic mass is 16.6. The first-order valence-corrected chi connectivity index (χ1v) is 11.9. The molecule has 1 amide bonds. The number of amides is 1. The first-order chi connectivity index (χ1) is 16.1. The van der Waals surface area contributed by atoms with E-state index in [1.54, 1.807) is 11.9 Å². The van der Waals surface area contributed by atoms with Crippen LogP contribution in [0.5, 0.6) is 0 Å². The average Bonchev–Trinajstić information content (AvgIpc) is 3.17. The van der Waals surface area contributed by atoms with Gasteiger partial charge in [0.1, 0.15) is 6.61 Å². The Labute approximate surface area is 197 Å². The summed E-state index contributed by atoms with van der Waals surface area (Å²) in [5.41, 5.74) is 4.87. The second-order valence-electron chi connectivity index (χ2n) is 8.54. The van der Waals surface area contributed by atoms with Crippen molar-refractivity contribution in [1.82, 2.24) is 4.90 Å². The Morgan fingerprint density at radius 3 is 2.03 bits per heavy atom. The van der Waals surface area contributed by atoms with Crippen LogP contribution in [0.25, 0.3) is 11.1 Å². The van der Waals surface area contributed by atoms with Crippen molar-refractivity contribution in [1.29, 1.82) is 0 Å². The number of hydrogen-bond acceptors (Lipinski definition) is 5. The summed E-state index contributed by atoms with van der Waals surface area (Å²) in [6.45, 7) is 8.52. The van der Waals surface area contributed by atoms with Crippen LogP contribution in [0, 0.1) is 5.92 Å². The number of benzene rings is 2. The largest absolute Gasteiger partial charge is 0.448 e. The molecule has 1 unspecified atom stereocenters. The lowest BCUT2D eigenvalue weighted by Gasteiger charge is -2.19. The third-order valence-electron chi connectivity index (χ3n) is 6.06. The molecule has 180 valence electrons. The van der Waals surface area contributed by atoms with Crippen LogP contribution in [0.3, 0.4) is 0 Å². The zero-order chi connectivity index (χ0) is 23.5. The average molecular weight is 456 g/mol. The van der Waals surface area contributed by atoms with Gasteiger partial charge in [0, 0.05) is 26.1 Å². The van der Waals surface area contributed by atoms with Gasteiger partial charge in [-0.25, -0.2) is 4.79 Å². The Hall–Kier alpha value is -2.41. The van der Waals surface area contributed by atoms with Crippen LogP contribution >= 0.6 is 0 Å². The van der Waals surface area contributed by atoms with E-state index in [0.29, 0.717) is 52.1 Å². The van der Waals surface area contributed by atoms with Crippen LogP contribution in [0.4, 0.5) is 4.79 Å². The number of likely N-dealkylation sites (N-methyl/N-ethyl adjacent to an activating group) is 1. The van der Waals surface area contributed by atoms with Gasteiger partial charge in [-0.2, -0.15) is 0 Å². The Bertz CT molecular complexity index is 826. The van der Waals surface area contributed by atoms with E-state index in [-0.39, 0.29) is 12.0 Å². The molecule has 6 nitrogen and oxygen atoms in total. The van der Waals surface area contributed by atoms with E-state index in [4.69, 9.17) is 18.9 Å². The lowest BCUT2D eigenvalue weighted by molar-refractivity contribution is 0.00553. The summed E-state index contributed by atoms with van der Waals surface area (Å²) in [5, 5.41) is 0.